The van der Waals surface area contributed by atoms with Gasteiger partial charge in [0.15, 0.2) is 0 Å². The SMILES string of the molecule is Nc1cccc2c1CN(C1CCN(C3CC3)C1)CC2. The van der Waals surface area contributed by atoms with Crippen LogP contribution in [0, 0.1) is 0 Å². The maximum absolute atomic E-state index is 6.15. The number of nitrogens with two attached hydrogens (primary N) is 1. The molecule has 1 saturated heterocycles. The molecule has 102 valence electrons. The van der Waals surface area contributed by atoms with Crippen molar-refractivity contribution in [1.29, 1.82) is 0 Å². The summed E-state index contributed by atoms with van der Waals surface area (Å²) >= 11 is 0. The Morgan fingerprint density at radius 3 is 2.74 bits per heavy atom. The van der Waals surface area contributed by atoms with E-state index in [-0.39, 0.29) is 0 Å². The van der Waals surface area contributed by atoms with E-state index in [1.807, 2.05) is 6.07 Å². The summed E-state index contributed by atoms with van der Waals surface area (Å²) in [5.41, 5.74) is 9.99. The minimum Gasteiger partial charge on any atom is -0.398 e. The van der Waals surface area contributed by atoms with Gasteiger partial charge >= 0.3 is 0 Å². The fourth-order valence-electron chi connectivity index (χ4n) is 3.78. The van der Waals surface area contributed by atoms with Gasteiger partial charge < -0.3 is 5.73 Å². The molecule has 2 aliphatic heterocycles. The van der Waals surface area contributed by atoms with Crippen molar-refractivity contribution < 1.29 is 0 Å². The number of likely N-dealkylation sites (tertiary alicyclic amines) is 1. The number of nitrogen functional groups attached to an aromatic ring is 1. The van der Waals surface area contributed by atoms with Crippen LogP contribution in [0.1, 0.15) is 30.4 Å². The van der Waals surface area contributed by atoms with Gasteiger partial charge in [-0.2, -0.15) is 0 Å². The van der Waals surface area contributed by atoms with Gasteiger partial charge in [0.25, 0.3) is 0 Å². The Bertz CT molecular complexity index is 481. The minimum atomic E-state index is 0.758. The Balaban J connectivity index is 1.48. The van der Waals surface area contributed by atoms with E-state index in [0.29, 0.717) is 0 Å². The lowest BCUT2D eigenvalue weighted by Crippen LogP contribution is -2.41. The molecule has 1 aromatic carbocycles. The molecule has 1 atom stereocenters. The van der Waals surface area contributed by atoms with Gasteiger partial charge in [0, 0.05) is 44.0 Å². The van der Waals surface area contributed by atoms with Crippen molar-refractivity contribution in [3.8, 4) is 0 Å². The van der Waals surface area contributed by atoms with Gasteiger partial charge in [-0.3, -0.25) is 9.80 Å². The monoisotopic (exact) mass is 257 g/mol. The summed E-state index contributed by atoms with van der Waals surface area (Å²) < 4.78 is 0. The molecule has 0 aromatic heterocycles. The fraction of sp³-hybridized carbons (Fsp3) is 0.625. The molecule has 1 unspecified atom stereocenters. The van der Waals surface area contributed by atoms with Crippen LogP contribution in [-0.4, -0.2) is 41.5 Å². The van der Waals surface area contributed by atoms with Gasteiger partial charge in [-0.15, -0.1) is 0 Å². The summed E-state index contributed by atoms with van der Waals surface area (Å²) in [7, 11) is 0. The predicted octanol–water partition coefficient (Wildman–Crippen LogP) is 1.86. The van der Waals surface area contributed by atoms with Crippen LogP contribution in [0.4, 0.5) is 5.69 Å². The van der Waals surface area contributed by atoms with Crippen LogP contribution in [0.3, 0.4) is 0 Å². The third-order valence-electron chi connectivity index (χ3n) is 5.11. The molecule has 0 radical (unpaired) electrons. The van der Waals surface area contributed by atoms with Gasteiger partial charge in [-0.05, 0) is 42.9 Å². The molecule has 3 nitrogen and oxygen atoms in total. The van der Waals surface area contributed by atoms with E-state index < -0.39 is 0 Å². The predicted molar refractivity (Wildman–Crippen MR) is 78.0 cm³/mol. The molecular weight excluding hydrogens is 234 g/mol. The summed E-state index contributed by atoms with van der Waals surface area (Å²) in [6.45, 7) is 4.86. The van der Waals surface area contributed by atoms with Gasteiger partial charge in [0.05, 0.1) is 0 Å². The Morgan fingerprint density at radius 2 is 1.89 bits per heavy atom. The average Bonchev–Trinajstić information content (AvgIpc) is 3.17. The average molecular weight is 257 g/mol. The van der Waals surface area contributed by atoms with E-state index in [1.165, 1.54) is 56.4 Å². The zero-order valence-corrected chi connectivity index (χ0v) is 11.5. The van der Waals surface area contributed by atoms with Crippen LogP contribution in [-0.2, 0) is 13.0 Å². The summed E-state index contributed by atoms with van der Waals surface area (Å²) in [5, 5.41) is 0. The lowest BCUT2D eigenvalue weighted by Gasteiger charge is -2.34. The maximum atomic E-state index is 6.15. The number of rotatable bonds is 2. The third kappa shape index (κ3) is 2.15. The Morgan fingerprint density at radius 1 is 1.00 bits per heavy atom. The highest BCUT2D eigenvalue weighted by Crippen LogP contribution is 2.33. The number of anilines is 1. The van der Waals surface area contributed by atoms with Gasteiger partial charge in [-0.25, -0.2) is 0 Å². The van der Waals surface area contributed by atoms with Gasteiger partial charge in [-0.1, -0.05) is 12.1 Å². The van der Waals surface area contributed by atoms with Crippen LogP contribution in [0.25, 0.3) is 0 Å². The highest BCUT2D eigenvalue weighted by atomic mass is 15.3. The first-order valence-corrected chi connectivity index (χ1v) is 7.65. The molecule has 2 N–H and O–H groups in total. The van der Waals surface area contributed by atoms with Crippen LogP contribution in [0.2, 0.25) is 0 Å². The molecule has 2 heterocycles. The molecular formula is C16H23N3. The quantitative estimate of drug-likeness (QED) is 0.821. The van der Waals surface area contributed by atoms with Crippen LogP contribution >= 0.6 is 0 Å². The smallest absolute Gasteiger partial charge is 0.0362 e. The molecule has 0 spiro atoms. The largest absolute Gasteiger partial charge is 0.398 e. The lowest BCUT2D eigenvalue weighted by atomic mass is 9.97. The second kappa shape index (κ2) is 4.50. The molecule has 3 heteroatoms. The van der Waals surface area contributed by atoms with Crippen molar-refractivity contribution in [2.24, 2.45) is 0 Å². The molecule has 1 aliphatic carbocycles. The molecule has 3 aliphatic rings. The zero-order chi connectivity index (χ0) is 12.8. The third-order valence-corrected chi connectivity index (χ3v) is 5.11. The van der Waals surface area contributed by atoms with Crippen LogP contribution in [0.15, 0.2) is 18.2 Å². The van der Waals surface area contributed by atoms with E-state index in [2.05, 4.69) is 21.9 Å². The highest BCUT2D eigenvalue weighted by molar-refractivity contribution is 5.51. The number of hydrogen-bond acceptors (Lipinski definition) is 3. The normalized spacial score (nSPS) is 28.5. The van der Waals surface area contributed by atoms with E-state index in [4.69, 9.17) is 5.73 Å². The summed E-state index contributed by atoms with van der Waals surface area (Å²) in [5.74, 6) is 0. The first-order valence-electron chi connectivity index (χ1n) is 7.65. The number of hydrogen-bond donors (Lipinski definition) is 1. The molecule has 1 aromatic rings. The molecule has 0 bridgehead atoms. The van der Waals surface area contributed by atoms with Crippen molar-refractivity contribution in [2.45, 2.75) is 44.3 Å². The molecule has 1 saturated carbocycles. The van der Waals surface area contributed by atoms with Crippen molar-refractivity contribution in [3.05, 3.63) is 29.3 Å². The van der Waals surface area contributed by atoms with Gasteiger partial charge in [0.1, 0.15) is 0 Å². The van der Waals surface area contributed by atoms with E-state index in [0.717, 1.165) is 24.3 Å². The van der Waals surface area contributed by atoms with E-state index >= 15 is 0 Å². The first-order chi connectivity index (χ1) is 9.31. The number of nitrogens with zero attached hydrogens (tertiary/aromatic N) is 2. The zero-order valence-electron chi connectivity index (χ0n) is 11.5. The molecule has 0 amide bonds. The van der Waals surface area contributed by atoms with E-state index in [9.17, 15) is 0 Å². The Kier molecular flexibility index (Phi) is 2.78. The van der Waals surface area contributed by atoms with Crippen LogP contribution in [0.5, 0.6) is 0 Å². The summed E-state index contributed by atoms with van der Waals surface area (Å²) in [6.07, 6.45) is 5.38. The van der Waals surface area contributed by atoms with Gasteiger partial charge in [0.2, 0.25) is 0 Å². The summed E-state index contributed by atoms with van der Waals surface area (Å²) in [4.78, 5) is 5.37. The molecule has 4 rings (SSSR count). The van der Waals surface area contributed by atoms with Crippen molar-refractivity contribution in [2.75, 3.05) is 25.4 Å². The standard InChI is InChI=1S/C16H23N3/c17-16-3-1-2-12-6-8-19(11-15(12)16)14-7-9-18(10-14)13-4-5-13/h1-3,13-14H,4-11,17H2. The number of fused-ring (bicyclic) bond motifs is 1. The summed E-state index contributed by atoms with van der Waals surface area (Å²) in [6, 6.07) is 8.07. The number of benzene rings is 1. The second-order valence-electron chi connectivity index (χ2n) is 6.37. The first kappa shape index (κ1) is 11.7. The van der Waals surface area contributed by atoms with E-state index in [1.54, 1.807) is 0 Å². The Labute approximate surface area is 115 Å². The molecule has 2 fully saturated rings. The fourth-order valence-corrected chi connectivity index (χ4v) is 3.78. The topological polar surface area (TPSA) is 32.5 Å². The van der Waals surface area contributed by atoms with Crippen molar-refractivity contribution in [3.63, 3.8) is 0 Å². The van der Waals surface area contributed by atoms with Crippen molar-refractivity contribution in [1.82, 2.24) is 9.80 Å². The minimum absolute atomic E-state index is 0.758. The lowest BCUT2D eigenvalue weighted by molar-refractivity contribution is 0.175. The van der Waals surface area contributed by atoms with Crippen LogP contribution < -0.4 is 5.73 Å². The Hall–Kier alpha value is -1.06. The molecule has 19 heavy (non-hydrogen) atoms. The maximum Gasteiger partial charge on any atom is 0.0362 e. The highest BCUT2D eigenvalue weighted by Gasteiger charge is 2.37. The van der Waals surface area contributed by atoms with Crippen molar-refractivity contribution >= 4 is 5.69 Å². The second-order valence-corrected chi connectivity index (χ2v) is 6.37.